The summed E-state index contributed by atoms with van der Waals surface area (Å²) in [6, 6.07) is 2.97. The number of carbonyl (C=O) groups is 2. The molecule has 0 saturated heterocycles. The van der Waals surface area contributed by atoms with Gasteiger partial charge in [-0.25, -0.2) is 4.79 Å². The molecule has 0 spiro atoms. The van der Waals surface area contributed by atoms with Crippen molar-refractivity contribution >= 4 is 11.9 Å². The number of nitrogens with zero attached hydrogens (tertiary/aromatic N) is 2. The summed E-state index contributed by atoms with van der Waals surface area (Å²) in [5, 5.41) is 19.4. The standard InChI is InChI=1S/C13H17N3O4/c1-20-10-6-5-9(15-16-10)11(17)14-13(12(18)19)7-3-2-4-8-13/h5-6H,2-4,7-8H2,1H3,(H,14,17)(H,18,19). The monoisotopic (exact) mass is 279 g/mol. The molecule has 1 aromatic heterocycles. The van der Waals surface area contributed by atoms with Crippen molar-refractivity contribution in [2.24, 2.45) is 0 Å². The molecule has 1 fully saturated rings. The van der Waals surface area contributed by atoms with Crippen LogP contribution in [0.5, 0.6) is 5.88 Å². The van der Waals surface area contributed by atoms with Gasteiger partial charge in [-0.05, 0) is 18.9 Å². The topological polar surface area (TPSA) is 101 Å². The molecule has 0 bridgehead atoms. The number of amides is 1. The van der Waals surface area contributed by atoms with Gasteiger partial charge in [0.1, 0.15) is 5.54 Å². The average molecular weight is 279 g/mol. The molecule has 1 heterocycles. The van der Waals surface area contributed by atoms with Crippen molar-refractivity contribution in [2.45, 2.75) is 37.6 Å². The molecule has 1 aromatic rings. The van der Waals surface area contributed by atoms with E-state index in [1.807, 2.05) is 0 Å². The number of carbonyl (C=O) groups excluding carboxylic acids is 1. The third kappa shape index (κ3) is 2.87. The second-order valence-electron chi connectivity index (χ2n) is 4.86. The van der Waals surface area contributed by atoms with E-state index in [0.717, 1.165) is 19.3 Å². The van der Waals surface area contributed by atoms with Crippen LogP contribution in [0.1, 0.15) is 42.6 Å². The first-order chi connectivity index (χ1) is 9.57. The highest BCUT2D eigenvalue weighted by Gasteiger charge is 2.41. The number of ether oxygens (including phenoxy) is 1. The molecule has 1 aliphatic rings. The van der Waals surface area contributed by atoms with Crippen LogP contribution in [0.25, 0.3) is 0 Å². The molecule has 1 amide bonds. The minimum absolute atomic E-state index is 0.0806. The van der Waals surface area contributed by atoms with E-state index in [0.29, 0.717) is 18.7 Å². The Morgan fingerprint density at radius 2 is 1.95 bits per heavy atom. The molecule has 0 aromatic carbocycles. The van der Waals surface area contributed by atoms with Crippen molar-refractivity contribution in [3.63, 3.8) is 0 Å². The number of carboxylic acid groups (broad SMARTS) is 1. The molecule has 0 atom stereocenters. The fourth-order valence-corrected chi connectivity index (χ4v) is 2.38. The van der Waals surface area contributed by atoms with Crippen molar-refractivity contribution in [1.82, 2.24) is 15.5 Å². The predicted molar refractivity (Wildman–Crippen MR) is 69.5 cm³/mol. The molecule has 20 heavy (non-hydrogen) atoms. The van der Waals surface area contributed by atoms with Crippen molar-refractivity contribution in [3.8, 4) is 5.88 Å². The first-order valence-electron chi connectivity index (χ1n) is 6.51. The lowest BCUT2D eigenvalue weighted by Crippen LogP contribution is -2.55. The summed E-state index contributed by atoms with van der Waals surface area (Å²) in [7, 11) is 1.45. The fourth-order valence-electron chi connectivity index (χ4n) is 2.38. The van der Waals surface area contributed by atoms with Crippen LogP contribution in [0, 0.1) is 0 Å². The van der Waals surface area contributed by atoms with Crippen LogP contribution in [-0.4, -0.2) is 39.8 Å². The van der Waals surface area contributed by atoms with Gasteiger partial charge >= 0.3 is 5.97 Å². The maximum atomic E-state index is 12.1. The molecule has 0 radical (unpaired) electrons. The van der Waals surface area contributed by atoms with E-state index in [1.165, 1.54) is 19.2 Å². The van der Waals surface area contributed by atoms with Crippen molar-refractivity contribution in [1.29, 1.82) is 0 Å². The van der Waals surface area contributed by atoms with Gasteiger partial charge in [-0.15, -0.1) is 10.2 Å². The smallest absolute Gasteiger partial charge is 0.329 e. The Morgan fingerprint density at radius 1 is 1.25 bits per heavy atom. The Balaban J connectivity index is 2.13. The Kier molecular flexibility index (Phi) is 4.16. The zero-order valence-corrected chi connectivity index (χ0v) is 11.3. The van der Waals surface area contributed by atoms with Crippen LogP contribution < -0.4 is 10.1 Å². The van der Waals surface area contributed by atoms with Gasteiger partial charge in [0.25, 0.3) is 5.91 Å². The Labute approximate surface area is 116 Å². The zero-order chi connectivity index (χ0) is 14.6. The molecular weight excluding hydrogens is 262 g/mol. The number of hydrogen-bond donors (Lipinski definition) is 2. The van der Waals surface area contributed by atoms with Gasteiger partial charge in [0.2, 0.25) is 5.88 Å². The van der Waals surface area contributed by atoms with E-state index in [-0.39, 0.29) is 5.69 Å². The lowest BCUT2D eigenvalue weighted by molar-refractivity contribution is -0.145. The summed E-state index contributed by atoms with van der Waals surface area (Å²) in [5.41, 5.74) is -1.10. The quantitative estimate of drug-likeness (QED) is 0.852. The number of rotatable bonds is 4. The summed E-state index contributed by atoms with van der Waals surface area (Å²) < 4.78 is 4.86. The highest BCUT2D eigenvalue weighted by atomic mass is 16.5. The van der Waals surface area contributed by atoms with E-state index in [1.54, 1.807) is 0 Å². The molecule has 0 aliphatic heterocycles. The lowest BCUT2D eigenvalue weighted by atomic mass is 9.81. The average Bonchev–Trinajstić information content (AvgIpc) is 2.48. The van der Waals surface area contributed by atoms with E-state index in [4.69, 9.17) is 4.74 Å². The zero-order valence-electron chi connectivity index (χ0n) is 11.3. The molecular formula is C13H17N3O4. The number of aliphatic carboxylic acids is 1. The van der Waals surface area contributed by atoms with E-state index < -0.39 is 17.4 Å². The van der Waals surface area contributed by atoms with E-state index in [9.17, 15) is 14.7 Å². The van der Waals surface area contributed by atoms with Gasteiger partial charge in [0.05, 0.1) is 7.11 Å². The van der Waals surface area contributed by atoms with Crippen LogP contribution in [0.15, 0.2) is 12.1 Å². The molecule has 7 heteroatoms. The molecule has 2 rings (SSSR count). The summed E-state index contributed by atoms with van der Waals surface area (Å²) >= 11 is 0. The summed E-state index contributed by atoms with van der Waals surface area (Å²) in [6.45, 7) is 0. The normalized spacial score (nSPS) is 17.2. The molecule has 108 valence electrons. The number of methoxy groups -OCH3 is 1. The molecule has 1 aliphatic carbocycles. The minimum Gasteiger partial charge on any atom is -0.480 e. The highest BCUT2D eigenvalue weighted by Crippen LogP contribution is 2.28. The second-order valence-corrected chi connectivity index (χ2v) is 4.86. The molecule has 2 N–H and O–H groups in total. The largest absolute Gasteiger partial charge is 0.480 e. The van der Waals surface area contributed by atoms with Gasteiger partial charge in [0.15, 0.2) is 5.69 Å². The number of aromatic nitrogens is 2. The van der Waals surface area contributed by atoms with Gasteiger partial charge in [0, 0.05) is 6.07 Å². The Morgan fingerprint density at radius 3 is 2.45 bits per heavy atom. The summed E-state index contributed by atoms with van der Waals surface area (Å²) in [6.07, 6.45) is 3.46. The van der Waals surface area contributed by atoms with Crippen LogP contribution in [0.4, 0.5) is 0 Å². The first kappa shape index (κ1) is 14.2. The third-order valence-corrected chi connectivity index (χ3v) is 3.55. The van der Waals surface area contributed by atoms with E-state index >= 15 is 0 Å². The van der Waals surface area contributed by atoms with Gasteiger partial charge < -0.3 is 15.2 Å². The van der Waals surface area contributed by atoms with Crippen molar-refractivity contribution in [3.05, 3.63) is 17.8 Å². The van der Waals surface area contributed by atoms with Crippen LogP contribution >= 0.6 is 0 Å². The maximum Gasteiger partial charge on any atom is 0.329 e. The fraction of sp³-hybridized carbons (Fsp3) is 0.538. The SMILES string of the molecule is COc1ccc(C(=O)NC2(C(=O)O)CCCCC2)nn1. The van der Waals surface area contributed by atoms with Gasteiger partial charge in [-0.1, -0.05) is 19.3 Å². The van der Waals surface area contributed by atoms with Crippen LogP contribution in [-0.2, 0) is 4.79 Å². The van der Waals surface area contributed by atoms with Crippen molar-refractivity contribution in [2.75, 3.05) is 7.11 Å². The number of carboxylic acids is 1. The van der Waals surface area contributed by atoms with Crippen molar-refractivity contribution < 1.29 is 19.4 Å². The molecule has 1 saturated carbocycles. The van der Waals surface area contributed by atoms with Gasteiger partial charge in [-0.2, -0.15) is 0 Å². The Hall–Kier alpha value is -2.18. The number of hydrogen-bond acceptors (Lipinski definition) is 5. The third-order valence-electron chi connectivity index (χ3n) is 3.55. The maximum absolute atomic E-state index is 12.1. The summed E-state index contributed by atoms with van der Waals surface area (Å²) in [4.78, 5) is 23.6. The number of nitrogens with one attached hydrogen (secondary N) is 1. The molecule has 7 nitrogen and oxygen atoms in total. The Bertz CT molecular complexity index is 495. The van der Waals surface area contributed by atoms with Gasteiger partial charge in [-0.3, -0.25) is 4.79 Å². The second kappa shape index (κ2) is 5.85. The molecule has 0 unspecified atom stereocenters. The highest BCUT2D eigenvalue weighted by molar-refractivity contribution is 5.96. The summed E-state index contributed by atoms with van der Waals surface area (Å²) in [5.74, 6) is -1.22. The minimum atomic E-state index is -1.18. The van der Waals surface area contributed by atoms with Crippen LogP contribution in [0.3, 0.4) is 0 Å². The lowest BCUT2D eigenvalue weighted by Gasteiger charge is -2.33. The van der Waals surface area contributed by atoms with Crippen LogP contribution in [0.2, 0.25) is 0 Å². The van der Waals surface area contributed by atoms with E-state index in [2.05, 4.69) is 15.5 Å². The first-order valence-corrected chi connectivity index (χ1v) is 6.51. The predicted octanol–water partition coefficient (Wildman–Crippen LogP) is 1.00.